The van der Waals surface area contributed by atoms with Gasteiger partial charge in [0.1, 0.15) is 20.6 Å². The van der Waals surface area contributed by atoms with Crippen LogP contribution in [0.25, 0.3) is 0 Å². The minimum Gasteiger partial charge on any atom is -0.478 e. The van der Waals surface area contributed by atoms with Gasteiger partial charge >= 0.3 is 5.97 Å². The second-order valence-corrected chi connectivity index (χ2v) is 11.3. The summed E-state index contributed by atoms with van der Waals surface area (Å²) in [6, 6.07) is 21.5. The van der Waals surface area contributed by atoms with Crippen LogP contribution in [0.2, 0.25) is 0 Å². The second-order valence-electron chi connectivity index (χ2n) is 9.12. The number of aromatic carboxylic acids is 1. The molecular formula is C29H35N3O4S. The molecule has 1 unspecified atom stereocenters. The molecule has 4 rings (SSSR count). The summed E-state index contributed by atoms with van der Waals surface area (Å²) in [5.41, 5.74) is 1.11. The number of benzene rings is 3. The number of rotatable bonds is 10. The molecule has 1 aliphatic heterocycles. The molecule has 2 N–H and O–H groups in total. The van der Waals surface area contributed by atoms with Crippen molar-refractivity contribution in [1.29, 1.82) is 0 Å². The normalized spacial score (nSPS) is 15.8. The first kappa shape index (κ1) is 26.7. The highest BCUT2D eigenvalue weighted by molar-refractivity contribution is 7.91. The molecule has 1 atom stereocenters. The third kappa shape index (κ3) is 6.70. The van der Waals surface area contributed by atoms with E-state index < -0.39 is 15.9 Å². The summed E-state index contributed by atoms with van der Waals surface area (Å²) in [5, 5.41) is 13.3. The van der Waals surface area contributed by atoms with Crippen molar-refractivity contribution in [1.82, 2.24) is 4.31 Å². The van der Waals surface area contributed by atoms with Gasteiger partial charge < -0.3 is 15.2 Å². The Morgan fingerprint density at radius 2 is 1.65 bits per heavy atom. The summed E-state index contributed by atoms with van der Waals surface area (Å²) in [4.78, 5) is 12.5. The molecular weight excluding hydrogens is 486 g/mol. The van der Waals surface area contributed by atoms with Crippen molar-refractivity contribution in [3.05, 3.63) is 78.4 Å². The van der Waals surface area contributed by atoms with Crippen LogP contribution in [-0.2, 0) is 9.92 Å². The fourth-order valence-electron chi connectivity index (χ4n) is 4.33. The summed E-state index contributed by atoms with van der Waals surface area (Å²) >= 11 is 0. The number of ether oxygens (including phenoxy) is 1. The van der Waals surface area contributed by atoms with Crippen molar-refractivity contribution < 1.29 is 18.8 Å². The predicted molar refractivity (Wildman–Crippen MR) is 148 cm³/mol. The standard InChI is InChI=1S/C29H35N3O4S/c1-2-3-18-30-26-21-23(29(33)34)22-27(28(26)36-25-16-10-7-11-17-25)37(35,31-24-14-8-6-9-15-24)32-19-12-4-5-13-20-32/h6-11,14-17,21-22,30H,2-5,12-13,18-20H2,1H3,(H,33,34). The van der Waals surface area contributed by atoms with Crippen molar-refractivity contribution in [2.75, 3.05) is 25.0 Å². The zero-order chi connectivity index (χ0) is 26.1. The van der Waals surface area contributed by atoms with Gasteiger partial charge in [-0.3, -0.25) is 0 Å². The first-order valence-corrected chi connectivity index (χ1v) is 14.4. The first-order chi connectivity index (χ1) is 18.0. The Hall–Kier alpha value is -3.36. The average Bonchev–Trinajstić information content (AvgIpc) is 3.21. The zero-order valence-corrected chi connectivity index (χ0v) is 22.1. The van der Waals surface area contributed by atoms with Gasteiger partial charge in [0.05, 0.1) is 16.9 Å². The van der Waals surface area contributed by atoms with E-state index in [-0.39, 0.29) is 10.5 Å². The third-order valence-corrected chi connectivity index (χ3v) is 8.70. The summed E-state index contributed by atoms with van der Waals surface area (Å²) in [7, 11) is -3.28. The monoisotopic (exact) mass is 521 g/mol. The molecule has 1 saturated heterocycles. The molecule has 37 heavy (non-hydrogen) atoms. The molecule has 0 aromatic heterocycles. The lowest BCUT2D eigenvalue weighted by molar-refractivity contribution is 0.0696. The van der Waals surface area contributed by atoms with Gasteiger partial charge in [0.2, 0.25) is 0 Å². The van der Waals surface area contributed by atoms with Crippen LogP contribution in [0.15, 0.2) is 82.1 Å². The van der Waals surface area contributed by atoms with Gasteiger partial charge in [-0.05, 0) is 55.7 Å². The molecule has 3 aromatic carbocycles. The van der Waals surface area contributed by atoms with Crippen molar-refractivity contribution in [3.8, 4) is 11.5 Å². The van der Waals surface area contributed by atoms with E-state index in [0.717, 1.165) is 38.5 Å². The quantitative estimate of drug-likeness (QED) is 0.272. The summed E-state index contributed by atoms with van der Waals surface area (Å²) < 4.78 is 28.3. The van der Waals surface area contributed by atoms with Crippen molar-refractivity contribution in [2.45, 2.75) is 50.3 Å². The number of carboxylic acids is 1. The molecule has 8 heteroatoms. The number of nitrogens with one attached hydrogen (secondary N) is 1. The lowest BCUT2D eigenvalue weighted by atomic mass is 10.1. The minimum absolute atomic E-state index is 0.0419. The molecule has 0 radical (unpaired) electrons. The maximum atomic E-state index is 15.2. The van der Waals surface area contributed by atoms with Crippen molar-refractivity contribution in [3.63, 3.8) is 0 Å². The van der Waals surface area contributed by atoms with Crippen LogP contribution in [0.1, 0.15) is 55.8 Å². The first-order valence-electron chi connectivity index (χ1n) is 13.0. The van der Waals surface area contributed by atoms with Crippen LogP contribution < -0.4 is 10.1 Å². The predicted octanol–water partition coefficient (Wildman–Crippen LogP) is 7.34. The molecule has 0 spiro atoms. The molecule has 0 aliphatic carbocycles. The highest BCUT2D eigenvalue weighted by atomic mass is 32.2. The van der Waals surface area contributed by atoms with Gasteiger partial charge in [0.15, 0.2) is 5.75 Å². The summed E-state index contributed by atoms with van der Waals surface area (Å²) in [6.45, 7) is 3.93. The third-order valence-electron chi connectivity index (χ3n) is 6.30. The van der Waals surface area contributed by atoms with Gasteiger partial charge in [-0.1, -0.05) is 62.6 Å². The van der Waals surface area contributed by atoms with E-state index in [2.05, 4.69) is 12.2 Å². The smallest absolute Gasteiger partial charge is 0.335 e. The van der Waals surface area contributed by atoms with Gasteiger partial charge in [-0.2, -0.15) is 4.36 Å². The molecule has 3 aromatic rings. The van der Waals surface area contributed by atoms with Gasteiger partial charge in [-0.15, -0.1) is 0 Å². The fourth-order valence-corrected chi connectivity index (χ4v) is 6.66. The van der Waals surface area contributed by atoms with Gasteiger partial charge in [-0.25, -0.2) is 13.3 Å². The Bertz CT molecular complexity index is 1300. The number of carbonyl (C=O) groups is 1. The molecule has 7 nitrogen and oxygen atoms in total. The Morgan fingerprint density at radius 3 is 2.27 bits per heavy atom. The number of nitrogens with zero attached hydrogens (tertiary/aromatic N) is 2. The topological polar surface area (TPSA) is 91.2 Å². The molecule has 0 saturated carbocycles. The van der Waals surface area contributed by atoms with E-state index >= 15 is 4.21 Å². The second kappa shape index (κ2) is 12.7. The highest BCUT2D eigenvalue weighted by Gasteiger charge is 2.30. The average molecular weight is 522 g/mol. The van der Waals surface area contributed by atoms with Crippen LogP contribution in [0.4, 0.5) is 11.4 Å². The van der Waals surface area contributed by atoms with E-state index in [4.69, 9.17) is 9.10 Å². The van der Waals surface area contributed by atoms with Crippen LogP contribution in [0.5, 0.6) is 11.5 Å². The number of carboxylic acid groups (broad SMARTS) is 1. The zero-order valence-electron chi connectivity index (χ0n) is 21.3. The van der Waals surface area contributed by atoms with Crippen molar-refractivity contribution >= 4 is 27.3 Å². The maximum Gasteiger partial charge on any atom is 0.335 e. The Morgan fingerprint density at radius 1 is 1.00 bits per heavy atom. The van der Waals surface area contributed by atoms with Crippen LogP contribution in [0, 0.1) is 0 Å². The number of hydrogen-bond donors (Lipinski definition) is 2. The van der Waals surface area contributed by atoms with Gasteiger partial charge in [0.25, 0.3) is 0 Å². The summed E-state index contributed by atoms with van der Waals surface area (Å²) in [5.74, 6) is -0.174. The number of anilines is 1. The van der Waals surface area contributed by atoms with E-state index in [9.17, 15) is 9.90 Å². The van der Waals surface area contributed by atoms with E-state index in [0.29, 0.717) is 42.5 Å². The van der Waals surface area contributed by atoms with Crippen LogP contribution in [0.3, 0.4) is 0 Å². The van der Waals surface area contributed by atoms with Crippen molar-refractivity contribution in [2.24, 2.45) is 4.36 Å². The van der Waals surface area contributed by atoms with E-state index in [1.807, 2.05) is 65.0 Å². The molecule has 0 bridgehead atoms. The number of para-hydroxylation sites is 1. The maximum absolute atomic E-state index is 15.2. The molecule has 0 amide bonds. The lowest BCUT2D eigenvalue weighted by Crippen LogP contribution is -2.32. The van der Waals surface area contributed by atoms with E-state index in [1.165, 1.54) is 6.07 Å². The Labute approximate surface area is 219 Å². The molecule has 1 heterocycles. The van der Waals surface area contributed by atoms with E-state index in [1.54, 1.807) is 6.07 Å². The minimum atomic E-state index is -3.28. The lowest BCUT2D eigenvalue weighted by Gasteiger charge is -2.27. The fraction of sp³-hybridized carbons (Fsp3) is 0.345. The summed E-state index contributed by atoms with van der Waals surface area (Å²) in [6.07, 6.45) is 5.79. The Kier molecular flexibility index (Phi) is 9.19. The molecule has 196 valence electrons. The highest BCUT2D eigenvalue weighted by Crippen LogP contribution is 2.41. The number of unbranched alkanes of at least 4 members (excludes halogenated alkanes) is 1. The molecule has 1 fully saturated rings. The largest absolute Gasteiger partial charge is 0.478 e. The van der Waals surface area contributed by atoms with Crippen LogP contribution in [-0.4, -0.2) is 39.2 Å². The number of hydrogen-bond acceptors (Lipinski definition) is 5. The molecule has 1 aliphatic rings. The Balaban J connectivity index is 1.99. The SMILES string of the molecule is CCCCNc1cc(C(=O)O)cc(S(=O)(=Nc2ccccc2)N2CCCCCC2)c1Oc1ccccc1. The van der Waals surface area contributed by atoms with Gasteiger partial charge in [0, 0.05) is 19.6 Å². The van der Waals surface area contributed by atoms with Crippen LogP contribution >= 0.6 is 0 Å².